The molecule has 0 fully saturated rings. The Morgan fingerprint density at radius 3 is 2.12 bits per heavy atom. The van der Waals surface area contributed by atoms with Gasteiger partial charge in [0.05, 0.1) is 6.54 Å². The van der Waals surface area contributed by atoms with Crippen LogP contribution in [-0.2, 0) is 20.7 Å². The van der Waals surface area contributed by atoms with Gasteiger partial charge in [-0.15, -0.1) is 0 Å². The Morgan fingerprint density at radius 2 is 1.53 bits per heavy atom. The van der Waals surface area contributed by atoms with Gasteiger partial charge in [-0.2, -0.15) is 0 Å². The van der Waals surface area contributed by atoms with Crippen LogP contribution in [0, 0.1) is 5.82 Å². The highest BCUT2D eigenvalue weighted by Crippen LogP contribution is 2.44. The Hall–Kier alpha value is -3.51. The van der Waals surface area contributed by atoms with E-state index in [0.29, 0.717) is 0 Å². The Bertz CT molecular complexity index is 1120. The largest absolute Gasteiger partial charge is 0.480 e. The number of fused-ring (bicyclic) bond motifs is 3. The van der Waals surface area contributed by atoms with Gasteiger partial charge in [-0.1, -0.05) is 66.7 Å². The number of ether oxygens (including phenoxy) is 1. The lowest BCUT2D eigenvalue weighted by Gasteiger charge is -2.26. The number of carboxylic acids is 1. The number of carboxylic acid groups (broad SMARTS) is 1. The number of carbonyl (C=O) groups is 2. The van der Waals surface area contributed by atoms with Gasteiger partial charge in [-0.3, -0.25) is 14.9 Å². The SMILES string of the molecule is C[C@@](Cc1ccccc1F)(NCC(=O)OCC1c2ccccc2-c2ccccc21)C(=O)O. The van der Waals surface area contributed by atoms with Crippen LogP contribution in [0.5, 0.6) is 0 Å². The maximum absolute atomic E-state index is 14.0. The van der Waals surface area contributed by atoms with Crippen LogP contribution in [0.2, 0.25) is 0 Å². The first-order valence-electron chi connectivity index (χ1n) is 10.4. The molecule has 2 N–H and O–H groups in total. The Kier molecular flexibility index (Phi) is 6.06. The van der Waals surface area contributed by atoms with Crippen molar-refractivity contribution < 1.29 is 23.8 Å². The van der Waals surface area contributed by atoms with Crippen molar-refractivity contribution in [3.8, 4) is 11.1 Å². The third kappa shape index (κ3) is 4.27. The average Bonchev–Trinajstić information content (AvgIpc) is 3.11. The molecule has 5 nitrogen and oxygen atoms in total. The minimum atomic E-state index is -1.52. The number of nitrogens with one attached hydrogen (secondary N) is 1. The standard InChI is InChI=1S/C26H24FNO4/c1-26(25(30)31,14-17-8-2-7-13-23(17)27)28-15-24(29)32-16-22-20-11-5-3-9-18(20)19-10-4-6-12-21(19)22/h2-13,22,28H,14-16H2,1H3,(H,30,31)/t26-/m0/s1. The van der Waals surface area contributed by atoms with Crippen LogP contribution >= 0.6 is 0 Å². The van der Waals surface area contributed by atoms with Crippen molar-refractivity contribution >= 4 is 11.9 Å². The molecule has 3 aromatic rings. The van der Waals surface area contributed by atoms with E-state index in [1.54, 1.807) is 12.1 Å². The Balaban J connectivity index is 1.41. The van der Waals surface area contributed by atoms with Crippen LogP contribution in [0.1, 0.15) is 29.5 Å². The van der Waals surface area contributed by atoms with Crippen molar-refractivity contribution in [3.63, 3.8) is 0 Å². The zero-order valence-electron chi connectivity index (χ0n) is 17.7. The van der Waals surface area contributed by atoms with Gasteiger partial charge in [0.2, 0.25) is 0 Å². The maximum atomic E-state index is 14.0. The molecule has 0 saturated carbocycles. The lowest BCUT2D eigenvalue weighted by Crippen LogP contribution is -2.53. The van der Waals surface area contributed by atoms with Gasteiger partial charge in [0.1, 0.15) is 18.0 Å². The lowest BCUT2D eigenvalue weighted by molar-refractivity contribution is -0.146. The van der Waals surface area contributed by atoms with E-state index in [1.807, 2.05) is 36.4 Å². The van der Waals surface area contributed by atoms with Crippen molar-refractivity contribution in [3.05, 3.63) is 95.3 Å². The predicted octanol–water partition coefficient (Wildman–Crippen LogP) is 4.16. The minimum absolute atomic E-state index is 0.0735. The first-order chi connectivity index (χ1) is 15.4. The van der Waals surface area contributed by atoms with E-state index >= 15 is 0 Å². The summed E-state index contributed by atoms with van der Waals surface area (Å²) in [6.45, 7) is 1.29. The van der Waals surface area contributed by atoms with E-state index in [4.69, 9.17) is 4.74 Å². The summed E-state index contributed by atoms with van der Waals surface area (Å²) in [7, 11) is 0. The second-order valence-corrected chi connectivity index (χ2v) is 8.17. The fraction of sp³-hybridized carbons (Fsp3) is 0.231. The Morgan fingerprint density at radius 1 is 0.969 bits per heavy atom. The van der Waals surface area contributed by atoms with E-state index in [2.05, 4.69) is 17.4 Å². The lowest BCUT2D eigenvalue weighted by atomic mass is 9.92. The summed E-state index contributed by atoms with van der Waals surface area (Å²) in [4.78, 5) is 24.3. The molecule has 0 saturated heterocycles. The molecule has 3 aromatic carbocycles. The zero-order chi connectivity index (χ0) is 22.7. The van der Waals surface area contributed by atoms with Gasteiger partial charge in [-0.25, -0.2) is 4.39 Å². The summed E-state index contributed by atoms with van der Waals surface area (Å²) in [6.07, 6.45) is -0.105. The topological polar surface area (TPSA) is 75.6 Å². The summed E-state index contributed by atoms with van der Waals surface area (Å²) in [5.41, 5.74) is 3.20. The quantitative estimate of drug-likeness (QED) is 0.522. The van der Waals surface area contributed by atoms with Crippen LogP contribution in [-0.4, -0.2) is 35.7 Å². The molecule has 0 spiro atoms. The summed E-state index contributed by atoms with van der Waals surface area (Å²) >= 11 is 0. The molecule has 4 rings (SSSR count). The molecule has 0 amide bonds. The smallest absolute Gasteiger partial charge is 0.323 e. The third-order valence-corrected chi connectivity index (χ3v) is 5.97. The van der Waals surface area contributed by atoms with E-state index in [1.165, 1.54) is 19.1 Å². The summed E-state index contributed by atoms with van der Waals surface area (Å²) in [5.74, 6) is -2.29. The van der Waals surface area contributed by atoms with Crippen molar-refractivity contribution in [2.45, 2.75) is 24.8 Å². The van der Waals surface area contributed by atoms with Gasteiger partial charge < -0.3 is 9.84 Å². The molecule has 0 aliphatic heterocycles. The molecule has 0 bridgehead atoms. The third-order valence-electron chi connectivity index (χ3n) is 5.97. The molecule has 0 radical (unpaired) electrons. The van der Waals surface area contributed by atoms with Crippen molar-refractivity contribution in [2.24, 2.45) is 0 Å². The molecule has 0 unspecified atom stereocenters. The maximum Gasteiger partial charge on any atom is 0.323 e. The molecule has 164 valence electrons. The highest BCUT2D eigenvalue weighted by Gasteiger charge is 2.35. The van der Waals surface area contributed by atoms with E-state index in [-0.39, 0.29) is 31.1 Å². The summed E-state index contributed by atoms with van der Waals surface area (Å²) in [6, 6.07) is 22.1. The number of esters is 1. The molecule has 6 heteroatoms. The monoisotopic (exact) mass is 433 g/mol. The number of halogens is 1. The molecule has 0 heterocycles. The van der Waals surface area contributed by atoms with E-state index < -0.39 is 23.3 Å². The number of hydrogen-bond donors (Lipinski definition) is 2. The highest BCUT2D eigenvalue weighted by atomic mass is 19.1. The number of hydrogen-bond acceptors (Lipinski definition) is 4. The zero-order valence-corrected chi connectivity index (χ0v) is 17.7. The molecule has 0 aromatic heterocycles. The van der Waals surface area contributed by atoms with Gasteiger partial charge in [0, 0.05) is 12.3 Å². The van der Waals surface area contributed by atoms with Crippen molar-refractivity contribution in [1.29, 1.82) is 0 Å². The Labute approximate surface area is 185 Å². The van der Waals surface area contributed by atoms with Crippen LogP contribution in [0.4, 0.5) is 4.39 Å². The van der Waals surface area contributed by atoms with Crippen molar-refractivity contribution in [2.75, 3.05) is 13.2 Å². The van der Waals surface area contributed by atoms with Crippen molar-refractivity contribution in [1.82, 2.24) is 5.32 Å². The first-order valence-corrected chi connectivity index (χ1v) is 10.4. The second-order valence-electron chi connectivity index (χ2n) is 8.17. The molecule has 1 aliphatic rings. The van der Waals surface area contributed by atoms with E-state index in [9.17, 15) is 19.1 Å². The molecular formula is C26H24FNO4. The number of rotatable bonds is 8. The summed E-state index contributed by atoms with van der Waals surface area (Å²) < 4.78 is 19.5. The number of carbonyl (C=O) groups excluding carboxylic acids is 1. The first kappa shape index (κ1) is 21.7. The molecule has 1 aliphatic carbocycles. The van der Waals surface area contributed by atoms with Crippen LogP contribution in [0.3, 0.4) is 0 Å². The van der Waals surface area contributed by atoms with Gasteiger partial charge in [-0.05, 0) is 40.8 Å². The average molecular weight is 433 g/mol. The van der Waals surface area contributed by atoms with E-state index in [0.717, 1.165) is 22.3 Å². The minimum Gasteiger partial charge on any atom is -0.480 e. The van der Waals surface area contributed by atoms with Gasteiger partial charge in [0.15, 0.2) is 0 Å². The normalized spacial score (nSPS) is 14.3. The fourth-order valence-electron chi connectivity index (χ4n) is 4.17. The molecule has 32 heavy (non-hydrogen) atoms. The second kappa shape index (κ2) is 8.93. The number of aliphatic carboxylic acids is 1. The number of benzene rings is 3. The molecular weight excluding hydrogens is 409 g/mol. The fourth-order valence-corrected chi connectivity index (χ4v) is 4.17. The van der Waals surface area contributed by atoms with Crippen LogP contribution in [0.25, 0.3) is 11.1 Å². The predicted molar refractivity (Wildman–Crippen MR) is 119 cm³/mol. The highest BCUT2D eigenvalue weighted by molar-refractivity contribution is 5.81. The summed E-state index contributed by atoms with van der Waals surface area (Å²) in [5, 5.41) is 12.4. The van der Waals surface area contributed by atoms with Crippen LogP contribution < -0.4 is 5.32 Å². The molecule has 1 atom stereocenters. The van der Waals surface area contributed by atoms with Gasteiger partial charge >= 0.3 is 11.9 Å². The van der Waals surface area contributed by atoms with Gasteiger partial charge in [0.25, 0.3) is 0 Å². The van der Waals surface area contributed by atoms with Crippen LogP contribution in [0.15, 0.2) is 72.8 Å².